The van der Waals surface area contributed by atoms with Crippen LogP contribution in [0.25, 0.3) is 0 Å². The van der Waals surface area contributed by atoms with Gasteiger partial charge in [0.2, 0.25) is 0 Å². The number of thioether (sulfide) groups is 1. The average molecular weight is 173 g/mol. The van der Waals surface area contributed by atoms with Gasteiger partial charge >= 0.3 is 0 Å². The predicted octanol–water partition coefficient (Wildman–Crippen LogP) is 2.40. The van der Waals surface area contributed by atoms with Crippen LogP contribution in [0.1, 0.15) is 39.5 Å². The van der Waals surface area contributed by atoms with Gasteiger partial charge in [-0.3, -0.25) is 0 Å². The van der Waals surface area contributed by atoms with E-state index in [0.29, 0.717) is 10.8 Å². The Hall–Kier alpha value is 0.310. The van der Waals surface area contributed by atoms with Crippen molar-refractivity contribution in [3.63, 3.8) is 0 Å². The molecule has 2 N–H and O–H groups in total. The first kappa shape index (κ1) is 9.40. The topological polar surface area (TPSA) is 26.0 Å². The van der Waals surface area contributed by atoms with Gasteiger partial charge in [0.1, 0.15) is 0 Å². The molecule has 0 amide bonds. The van der Waals surface area contributed by atoms with E-state index in [9.17, 15) is 0 Å². The lowest BCUT2D eigenvalue weighted by molar-refractivity contribution is 0.456. The molecule has 1 saturated heterocycles. The maximum Gasteiger partial charge on any atom is 0.0283 e. The molecule has 2 atom stereocenters. The highest BCUT2D eigenvalue weighted by molar-refractivity contribution is 8.00. The van der Waals surface area contributed by atoms with E-state index >= 15 is 0 Å². The highest BCUT2D eigenvalue weighted by atomic mass is 32.2. The highest BCUT2D eigenvalue weighted by Crippen LogP contribution is 2.40. The van der Waals surface area contributed by atoms with Gasteiger partial charge in [0.05, 0.1) is 0 Å². The molecule has 1 aliphatic rings. The van der Waals surface area contributed by atoms with Crippen LogP contribution in [0.2, 0.25) is 0 Å². The maximum absolute atomic E-state index is 6.10. The van der Waals surface area contributed by atoms with Crippen molar-refractivity contribution in [1.29, 1.82) is 0 Å². The van der Waals surface area contributed by atoms with Crippen molar-refractivity contribution in [2.45, 2.75) is 50.3 Å². The van der Waals surface area contributed by atoms with Crippen molar-refractivity contribution in [3.8, 4) is 0 Å². The van der Waals surface area contributed by atoms with Crippen molar-refractivity contribution < 1.29 is 0 Å². The van der Waals surface area contributed by atoms with E-state index in [0.717, 1.165) is 0 Å². The molecular formula is C9H19NS. The first-order valence-electron chi connectivity index (χ1n) is 4.58. The lowest BCUT2D eigenvalue weighted by atomic mass is 9.94. The Morgan fingerprint density at radius 2 is 2.36 bits per heavy atom. The van der Waals surface area contributed by atoms with Crippen molar-refractivity contribution in [1.82, 2.24) is 0 Å². The molecule has 1 fully saturated rings. The molecule has 1 rings (SSSR count). The smallest absolute Gasteiger partial charge is 0.0283 e. The zero-order valence-corrected chi connectivity index (χ0v) is 8.41. The van der Waals surface area contributed by atoms with Gasteiger partial charge in [-0.05, 0) is 31.9 Å². The molecule has 0 aromatic heterocycles. The van der Waals surface area contributed by atoms with E-state index in [2.05, 4.69) is 25.6 Å². The van der Waals surface area contributed by atoms with E-state index < -0.39 is 0 Å². The third-order valence-electron chi connectivity index (χ3n) is 2.63. The van der Waals surface area contributed by atoms with Gasteiger partial charge in [-0.25, -0.2) is 0 Å². The first-order chi connectivity index (χ1) is 5.19. The molecule has 0 aromatic carbocycles. The zero-order chi connectivity index (χ0) is 8.32. The van der Waals surface area contributed by atoms with E-state index in [1.807, 2.05) is 0 Å². The predicted molar refractivity (Wildman–Crippen MR) is 53.0 cm³/mol. The van der Waals surface area contributed by atoms with Gasteiger partial charge in [-0.2, -0.15) is 11.8 Å². The minimum Gasteiger partial charge on any atom is -0.326 e. The average Bonchev–Trinajstić information content (AvgIpc) is 2.38. The molecule has 11 heavy (non-hydrogen) atoms. The van der Waals surface area contributed by atoms with Crippen molar-refractivity contribution in [2.75, 3.05) is 5.75 Å². The molecule has 66 valence electrons. The molecule has 0 bridgehead atoms. The van der Waals surface area contributed by atoms with Crippen LogP contribution in [-0.4, -0.2) is 16.5 Å². The van der Waals surface area contributed by atoms with Crippen molar-refractivity contribution in [2.24, 2.45) is 5.73 Å². The van der Waals surface area contributed by atoms with E-state index in [1.54, 1.807) is 0 Å². The Labute approximate surface area is 74.1 Å². The van der Waals surface area contributed by atoms with Gasteiger partial charge in [0.25, 0.3) is 0 Å². The van der Waals surface area contributed by atoms with Crippen molar-refractivity contribution in [3.05, 3.63) is 0 Å². The molecule has 1 heterocycles. The van der Waals surface area contributed by atoms with Gasteiger partial charge in [0, 0.05) is 10.8 Å². The summed E-state index contributed by atoms with van der Waals surface area (Å²) in [6.07, 6.45) is 5.08. The van der Waals surface area contributed by atoms with Crippen LogP contribution in [-0.2, 0) is 0 Å². The maximum atomic E-state index is 6.10. The van der Waals surface area contributed by atoms with Crippen LogP contribution in [0.5, 0.6) is 0 Å². The molecule has 0 radical (unpaired) electrons. The first-order valence-corrected chi connectivity index (χ1v) is 5.57. The summed E-state index contributed by atoms with van der Waals surface area (Å²) in [6, 6.07) is 0.417. The van der Waals surface area contributed by atoms with Crippen LogP contribution >= 0.6 is 11.8 Å². The zero-order valence-electron chi connectivity index (χ0n) is 7.60. The summed E-state index contributed by atoms with van der Waals surface area (Å²) in [7, 11) is 0. The highest BCUT2D eigenvalue weighted by Gasteiger charge is 2.34. The number of hydrogen-bond acceptors (Lipinski definition) is 2. The molecule has 1 aliphatic heterocycles. The third kappa shape index (κ3) is 2.12. The fraction of sp³-hybridized carbons (Fsp3) is 1.00. The van der Waals surface area contributed by atoms with Gasteiger partial charge in [0.15, 0.2) is 0 Å². The molecule has 1 nitrogen and oxygen atoms in total. The van der Waals surface area contributed by atoms with Crippen LogP contribution in [0.15, 0.2) is 0 Å². The standard InChI is InChI=1S/C9H19NS/c1-3-5-8(10)9(2)6-4-7-11-9/h8H,3-7,10H2,1-2H3/t8-,9?/m0/s1. The molecule has 0 aromatic rings. The summed E-state index contributed by atoms with van der Waals surface area (Å²) in [5, 5.41) is 0. The summed E-state index contributed by atoms with van der Waals surface area (Å²) in [5.74, 6) is 1.31. The molecule has 2 heteroatoms. The number of nitrogens with two attached hydrogens (primary N) is 1. The van der Waals surface area contributed by atoms with Gasteiger partial charge in [-0.15, -0.1) is 0 Å². The van der Waals surface area contributed by atoms with Gasteiger partial charge in [-0.1, -0.05) is 13.3 Å². The quantitative estimate of drug-likeness (QED) is 0.709. The molecule has 0 spiro atoms. The number of rotatable bonds is 3. The Morgan fingerprint density at radius 1 is 1.64 bits per heavy atom. The largest absolute Gasteiger partial charge is 0.326 e. The minimum atomic E-state index is 0.399. The second-order valence-corrected chi connectivity index (χ2v) is 5.29. The van der Waals surface area contributed by atoms with E-state index in [-0.39, 0.29) is 0 Å². The van der Waals surface area contributed by atoms with Gasteiger partial charge < -0.3 is 5.73 Å². The lowest BCUT2D eigenvalue weighted by Crippen LogP contribution is -2.40. The van der Waals surface area contributed by atoms with Crippen LogP contribution < -0.4 is 5.73 Å². The Kier molecular flexibility index (Phi) is 3.26. The Bertz CT molecular complexity index is 119. The molecule has 0 aliphatic carbocycles. The van der Waals surface area contributed by atoms with E-state index in [1.165, 1.54) is 31.4 Å². The van der Waals surface area contributed by atoms with Crippen LogP contribution in [0.4, 0.5) is 0 Å². The molecular weight excluding hydrogens is 154 g/mol. The van der Waals surface area contributed by atoms with Crippen molar-refractivity contribution >= 4 is 11.8 Å². The lowest BCUT2D eigenvalue weighted by Gasteiger charge is -2.29. The minimum absolute atomic E-state index is 0.399. The monoisotopic (exact) mass is 173 g/mol. The second-order valence-electron chi connectivity index (χ2n) is 3.66. The summed E-state index contributed by atoms with van der Waals surface area (Å²) in [6.45, 7) is 4.54. The number of hydrogen-bond donors (Lipinski definition) is 1. The van der Waals surface area contributed by atoms with Crippen LogP contribution in [0, 0.1) is 0 Å². The SMILES string of the molecule is CCC[C@H](N)C1(C)CCCS1. The Morgan fingerprint density at radius 3 is 2.82 bits per heavy atom. The normalized spacial score (nSPS) is 34.1. The second kappa shape index (κ2) is 3.81. The fourth-order valence-electron chi connectivity index (χ4n) is 1.71. The van der Waals surface area contributed by atoms with Crippen LogP contribution in [0.3, 0.4) is 0 Å². The molecule has 0 saturated carbocycles. The third-order valence-corrected chi connectivity index (χ3v) is 4.29. The summed E-state index contributed by atoms with van der Waals surface area (Å²) >= 11 is 2.07. The summed E-state index contributed by atoms with van der Waals surface area (Å²) in [5.41, 5.74) is 6.10. The Balaban J connectivity index is 2.42. The van der Waals surface area contributed by atoms with E-state index in [4.69, 9.17) is 5.73 Å². The summed E-state index contributed by atoms with van der Waals surface area (Å²) in [4.78, 5) is 0. The molecule has 1 unspecified atom stereocenters. The fourth-order valence-corrected chi connectivity index (χ4v) is 3.09. The summed E-state index contributed by atoms with van der Waals surface area (Å²) < 4.78 is 0.399.